The number of hydrogen-bond donors (Lipinski definition) is 0. The Balaban J connectivity index is 2.41. The van der Waals surface area contributed by atoms with Crippen LogP contribution in [0.2, 0.25) is 10.0 Å². The predicted molar refractivity (Wildman–Crippen MR) is 79.0 cm³/mol. The molecule has 2 aromatic carbocycles. The standard InChI is InChI=1S/C13H8Cl2N4/c14-10-4-3-5-11(15)9(10)8-17-12-6-1-2-7-13(12)18-19-16/h1-8H. The van der Waals surface area contributed by atoms with Crippen LogP contribution in [0.1, 0.15) is 5.56 Å². The fourth-order valence-electron chi connectivity index (χ4n) is 1.47. The summed E-state index contributed by atoms with van der Waals surface area (Å²) in [4.78, 5) is 7.01. The van der Waals surface area contributed by atoms with E-state index in [0.29, 0.717) is 27.0 Å². The molecular weight excluding hydrogens is 283 g/mol. The number of azide groups is 1. The molecular formula is C13H8Cl2N4. The molecule has 0 bridgehead atoms. The Kier molecular flexibility index (Phi) is 4.42. The fourth-order valence-corrected chi connectivity index (χ4v) is 1.97. The third-order valence-electron chi connectivity index (χ3n) is 2.37. The molecule has 19 heavy (non-hydrogen) atoms. The summed E-state index contributed by atoms with van der Waals surface area (Å²) in [6.45, 7) is 0. The van der Waals surface area contributed by atoms with Gasteiger partial charge in [-0.15, -0.1) is 0 Å². The van der Waals surface area contributed by atoms with Gasteiger partial charge in [-0.05, 0) is 23.7 Å². The van der Waals surface area contributed by atoms with Gasteiger partial charge in [-0.1, -0.05) is 52.6 Å². The average Bonchev–Trinajstić information content (AvgIpc) is 2.40. The van der Waals surface area contributed by atoms with Crippen molar-refractivity contribution < 1.29 is 0 Å². The van der Waals surface area contributed by atoms with Gasteiger partial charge in [0.15, 0.2) is 0 Å². The minimum atomic E-state index is 0.449. The summed E-state index contributed by atoms with van der Waals surface area (Å²) in [5.74, 6) is 0. The zero-order valence-electron chi connectivity index (χ0n) is 9.66. The molecule has 0 amide bonds. The lowest BCUT2D eigenvalue weighted by atomic mass is 10.2. The molecule has 0 fully saturated rings. The van der Waals surface area contributed by atoms with Crippen molar-refractivity contribution in [3.8, 4) is 0 Å². The second kappa shape index (κ2) is 6.25. The summed E-state index contributed by atoms with van der Waals surface area (Å²) in [5, 5.41) is 4.59. The summed E-state index contributed by atoms with van der Waals surface area (Å²) in [6.07, 6.45) is 1.55. The maximum absolute atomic E-state index is 8.48. The van der Waals surface area contributed by atoms with Gasteiger partial charge in [0.1, 0.15) is 0 Å². The van der Waals surface area contributed by atoms with E-state index in [4.69, 9.17) is 28.7 Å². The topological polar surface area (TPSA) is 61.1 Å². The number of halogens is 2. The van der Waals surface area contributed by atoms with Gasteiger partial charge in [-0.2, -0.15) is 0 Å². The maximum atomic E-state index is 8.48. The highest BCUT2D eigenvalue weighted by atomic mass is 35.5. The minimum Gasteiger partial charge on any atom is -0.256 e. The second-order valence-electron chi connectivity index (χ2n) is 3.57. The molecule has 0 aliphatic carbocycles. The smallest absolute Gasteiger partial charge is 0.0725 e. The first kappa shape index (κ1) is 13.4. The molecule has 4 nitrogen and oxygen atoms in total. The molecule has 0 spiro atoms. The first-order chi connectivity index (χ1) is 9.22. The number of nitrogens with zero attached hydrogens (tertiary/aromatic N) is 4. The van der Waals surface area contributed by atoms with Crippen molar-refractivity contribution in [1.82, 2.24) is 0 Å². The fraction of sp³-hybridized carbons (Fsp3) is 0. The van der Waals surface area contributed by atoms with E-state index in [2.05, 4.69) is 15.0 Å². The van der Waals surface area contributed by atoms with Crippen LogP contribution in [0.25, 0.3) is 10.4 Å². The van der Waals surface area contributed by atoms with E-state index in [1.54, 1.807) is 48.7 Å². The van der Waals surface area contributed by atoms with E-state index in [-0.39, 0.29) is 0 Å². The molecule has 0 unspecified atom stereocenters. The maximum Gasteiger partial charge on any atom is 0.0725 e. The van der Waals surface area contributed by atoms with Gasteiger partial charge in [0.25, 0.3) is 0 Å². The molecule has 2 aromatic rings. The monoisotopic (exact) mass is 290 g/mol. The third-order valence-corrected chi connectivity index (χ3v) is 3.03. The molecule has 0 aromatic heterocycles. The molecule has 0 saturated heterocycles. The number of aliphatic imine (C=N–C) groups is 1. The molecule has 6 heteroatoms. The molecule has 94 valence electrons. The highest BCUT2D eigenvalue weighted by molar-refractivity contribution is 6.38. The number of para-hydroxylation sites is 1. The lowest BCUT2D eigenvalue weighted by molar-refractivity contribution is 1.42. The Labute approximate surface area is 119 Å². The molecule has 2 rings (SSSR count). The first-order valence-corrected chi connectivity index (χ1v) is 6.10. The molecule has 0 saturated carbocycles. The predicted octanol–water partition coefficient (Wildman–Crippen LogP) is 5.69. The summed E-state index contributed by atoms with van der Waals surface area (Å²) in [6, 6.07) is 12.2. The highest BCUT2D eigenvalue weighted by Crippen LogP contribution is 2.28. The summed E-state index contributed by atoms with van der Waals surface area (Å²) < 4.78 is 0. The van der Waals surface area contributed by atoms with Crippen molar-refractivity contribution in [2.24, 2.45) is 10.1 Å². The second-order valence-corrected chi connectivity index (χ2v) is 4.39. The summed E-state index contributed by atoms with van der Waals surface area (Å²) >= 11 is 12.1. The van der Waals surface area contributed by atoms with Crippen LogP contribution >= 0.6 is 23.2 Å². The van der Waals surface area contributed by atoms with Crippen LogP contribution in [0, 0.1) is 0 Å². The number of rotatable bonds is 3. The van der Waals surface area contributed by atoms with Gasteiger partial charge in [0.2, 0.25) is 0 Å². The number of benzene rings is 2. The minimum absolute atomic E-state index is 0.449. The normalized spacial score (nSPS) is 10.4. The molecule has 0 aliphatic rings. The van der Waals surface area contributed by atoms with E-state index in [1.165, 1.54) is 0 Å². The van der Waals surface area contributed by atoms with Crippen molar-refractivity contribution in [2.75, 3.05) is 0 Å². The quantitative estimate of drug-likeness (QED) is 0.302. The third kappa shape index (κ3) is 3.26. The van der Waals surface area contributed by atoms with Crippen LogP contribution < -0.4 is 0 Å². The van der Waals surface area contributed by atoms with Gasteiger partial charge in [0, 0.05) is 16.7 Å². The van der Waals surface area contributed by atoms with Gasteiger partial charge >= 0.3 is 0 Å². The Morgan fingerprint density at radius 1 is 0.947 bits per heavy atom. The zero-order chi connectivity index (χ0) is 13.7. The van der Waals surface area contributed by atoms with Crippen LogP contribution in [0.4, 0.5) is 11.4 Å². The van der Waals surface area contributed by atoms with Crippen molar-refractivity contribution in [2.45, 2.75) is 0 Å². The lowest BCUT2D eigenvalue weighted by Gasteiger charge is -2.01. The van der Waals surface area contributed by atoms with E-state index in [1.807, 2.05) is 0 Å². The SMILES string of the molecule is [N-]=[N+]=Nc1ccccc1N=Cc1c(Cl)cccc1Cl. The Morgan fingerprint density at radius 3 is 2.21 bits per heavy atom. The van der Waals surface area contributed by atoms with Crippen molar-refractivity contribution in [3.05, 3.63) is 68.5 Å². The van der Waals surface area contributed by atoms with Crippen LogP contribution in [-0.4, -0.2) is 6.21 Å². The Morgan fingerprint density at radius 2 is 1.58 bits per heavy atom. The van der Waals surface area contributed by atoms with E-state index >= 15 is 0 Å². The largest absolute Gasteiger partial charge is 0.256 e. The molecule has 0 heterocycles. The molecule has 0 atom stereocenters. The van der Waals surface area contributed by atoms with Crippen molar-refractivity contribution >= 4 is 40.8 Å². The van der Waals surface area contributed by atoms with Crippen molar-refractivity contribution in [1.29, 1.82) is 0 Å². The van der Waals surface area contributed by atoms with Crippen LogP contribution in [0.3, 0.4) is 0 Å². The Bertz CT molecular complexity index is 656. The molecule has 0 radical (unpaired) electrons. The summed E-state index contributed by atoms with van der Waals surface area (Å²) in [7, 11) is 0. The highest BCUT2D eigenvalue weighted by Gasteiger charge is 2.03. The van der Waals surface area contributed by atoms with E-state index in [0.717, 1.165) is 0 Å². The van der Waals surface area contributed by atoms with Crippen molar-refractivity contribution in [3.63, 3.8) is 0 Å². The van der Waals surface area contributed by atoms with Gasteiger partial charge in [-0.25, -0.2) is 0 Å². The molecule has 0 N–H and O–H groups in total. The summed E-state index contributed by atoms with van der Waals surface area (Å²) in [5.41, 5.74) is 10.1. The van der Waals surface area contributed by atoms with Gasteiger partial charge in [0.05, 0.1) is 21.4 Å². The lowest BCUT2D eigenvalue weighted by Crippen LogP contribution is -1.84. The zero-order valence-corrected chi connectivity index (χ0v) is 11.2. The molecule has 0 aliphatic heterocycles. The first-order valence-electron chi connectivity index (χ1n) is 5.34. The Hall–Kier alpha value is -2.00. The van der Waals surface area contributed by atoms with E-state index in [9.17, 15) is 0 Å². The average molecular weight is 291 g/mol. The van der Waals surface area contributed by atoms with Gasteiger partial charge in [-0.3, -0.25) is 4.99 Å². The number of hydrogen-bond acceptors (Lipinski definition) is 2. The van der Waals surface area contributed by atoms with Crippen LogP contribution in [0.15, 0.2) is 52.6 Å². The van der Waals surface area contributed by atoms with Crippen LogP contribution in [-0.2, 0) is 0 Å². The van der Waals surface area contributed by atoms with E-state index < -0.39 is 0 Å². The van der Waals surface area contributed by atoms with Gasteiger partial charge < -0.3 is 0 Å². The van der Waals surface area contributed by atoms with Crippen LogP contribution in [0.5, 0.6) is 0 Å².